The second-order valence-electron chi connectivity index (χ2n) is 4.92. The van der Waals surface area contributed by atoms with Crippen molar-refractivity contribution in [3.63, 3.8) is 0 Å². The topological polar surface area (TPSA) is 78.4 Å². The van der Waals surface area contributed by atoms with Crippen LogP contribution in [0.15, 0.2) is 0 Å². The molecule has 1 aliphatic rings. The highest BCUT2D eigenvalue weighted by atomic mass is 32.2. The van der Waals surface area contributed by atoms with Crippen molar-refractivity contribution in [2.45, 2.75) is 32.9 Å². The lowest BCUT2D eigenvalue weighted by Gasteiger charge is -2.28. The molecule has 6 heteroatoms. The van der Waals surface area contributed by atoms with Crippen LogP contribution in [0.25, 0.3) is 0 Å². The van der Waals surface area contributed by atoms with E-state index in [1.165, 1.54) is 0 Å². The fourth-order valence-corrected chi connectivity index (χ4v) is 2.40. The summed E-state index contributed by atoms with van der Waals surface area (Å²) in [5.41, 5.74) is -0.493. The van der Waals surface area contributed by atoms with Crippen molar-refractivity contribution in [2.75, 3.05) is 11.6 Å². The molecule has 0 bridgehead atoms. The minimum Gasteiger partial charge on any atom is -0.480 e. The summed E-state index contributed by atoms with van der Waals surface area (Å²) >= 11 is 1.63. The van der Waals surface area contributed by atoms with Gasteiger partial charge in [0, 0.05) is 11.6 Å². The maximum absolute atomic E-state index is 11.8. The number of carbonyl (C=O) groups excluding carboxylic acids is 1. The zero-order chi connectivity index (χ0) is 12.3. The molecular weight excluding hydrogens is 228 g/mol. The van der Waals surface area contributed by atoms with E-state index in [1.54, 1.807) is 32.5 Å². The van der Waals surface area contributed by atoms with Crippen molar-refractivity contribution >= 4 is 23.6 Å². The SMILES string of the molecule is CC(C)(C)C(NC(=O)C1CSCN1)C(=O)O. The highest BCUT2D eigenvalue weighted by molar-refractivity contribution is 7.99. The van der Waals surface area contributed by atoms with E-state index in [1.807, 2.05) is 0 Å². The Hall–Kier alpha value is -0.750. The maximum Gasteiger partial charge on any atom is 0.326 e. The van der Waals surface area contributed by atoms with E-state index in [9.17, 15) is 9.59 Å². The van der Waals surface area contributed by atoms with E-state index >= 15 is 0 Å². The lowest BCUT2D eigenvalue weighted by Crippen LogP contribution is -2.54. The summed E-state index contributed by atoms with van der Waals surface area (Å²) in [7, 11) is 0. The Morgan fingerprint density at radius 3 is 2.50 bits per heavy atom. The number of aliphatic carboxylic acids is 1. The zero-order valence-corrected chi connectivity index (χ0v) is 10.6. The molecule has 1 heterocycles. The quantitative estimate of drug-likeness (QED) is 0.666. The Labute approximate surface area is 99.4 Å². The summed E-state index contributed by atoms with van der Waals surface area (Å²) in [5.74, 6) is 0.215. The predicted octanol–water partition coefficient (Wildman–Crippen LogP) is 0.264. The van der Waals surface area contributed by atoms with Gasteiger partial charge < -0.3 is 10.4 Å². The van der Waals surface area contributed by atoms with Crippen LogP contribution < -0.4 is 10.6 Å². The van der Waals surface area contributed by atoms with Gasteiger partial charge in [-0.05, 0) is 5.41 Å². The molecule has 0 aromatic carbocycles. The highest BCUT2D eigenvalue weighted by Gasteiger charge is 2.34. The third kappa shape index (κ3) is 3.38. The number of hydrogen-bond donors (Lipinski definition) is 3. The molecule has 2 atom stereocenters. The van der Waals surface area contributed by atoms with E-state index in [0.29, 0.717) is 5.75 Å². The van der Waals surface area contributed by atoms with Gasteiger partial charge in [0.15, 0.2) is 0 Å². The lowest BCUT2D eigenvalue weighted by molar-refractivity contribution is -0.145. The van der Waals surface area contributed by atoms with E-state index in [-0.39, 0.29) is 11.9 Å². The van der Waals surface area contributed by atoms with Crippen LogP contribution in [0, 0.1) is 5.41 Å². The largest absolute Gasteiger partial charge is 0.480 e. The van der Waals surface area contributed by atoms with Gasteiger partial charge in [-0.2, -0.15) is 0 Å². The molecule has 0 aromatic heterocycles. The molecule has 0 aromatic rings. The highest BCUT2D eigenvalue weighted by Crippen LogP contribution is 2.20. The Kier molecular flexibility index (Phi) is 4.21. The first-order chi connectivity index (χ1) is 7.32. The fourth-order valence-electron chi connectivity index (χ4n) is 1.46. The summed E-state index contributed by atoms with van der Waals surface area (Å²) in [4.78, 5) is 22.8. The molecule has 0 spiro atoms. The summed E-state index contributed by atoms with van der Waals surface area (Å²) in [6, 6.07) is -1.12. The molecule has 2 unspecified atom stereocenters. The van der Waals surface area contributed by atoms with Gasteiger partial charge in [0.1, 0.15) is 6.04 Å². The van der Waals surface area contributed by atoms with Gasteiger partial charge in [-0.1, -0.05) is 20.8 Å². The van der Waals surface area contributed by atoms with E-state index < -0.39 is 17.4 Å². The van der Waals surface area contributed by atoms with Crippen LogP contribution in [-0.2, 0) is 9.59 Å². The van der Waals surface area contributed by atoms with Crippen LogP contribution in [-0.4, -0.2) is 40.7 Å². The molecule has 0 saturated carbocycles. The lowest BCUT2D eigenvalue weighted by atomic mass is 9.86. The summed E-state index contributed by atoms with van der Waals surface area (Å²) in [6.45, 7) is 5.38. The molecule has 1 amide bonds. The van der Waals surface area contributed by atoms with Crippen molar-refractivity contribution in [1.29, 1.82) is 0 Å². The van der Waals surface area contributed by atoms with Gasteiger partial charge in [0.05, 0.1) is 6.04 Å². The van der Waals surface area contributed by atoms with Gasteiger partial charge in [-0.3, -0.25) is 10.1 Å². The summed E-state index contributed by atoms with van der Waals surface area (Å²) < 4.78 is 0. The minimum atomic E-state index is -0.994. The number of thioether (sulfide) groups is 1. The average Bonchev–Trinajstić information content (AvgIpc) is 2.63. The molecule has 92 valence electrons. The number of rotatable bonds is 3. The van der Waals surface area contributed by atoms with Gasteiger partial charge in [0.25, 0.3) is 0 Å². The average molecular weight is 246 g/mol. The Morgan fingerprint density at radius 2 is 2.12 bits per heavy atom. The van der Waals surface area contributed by atoms with Crippen molar-refractivity contribution in [1.82, 2.24) is 10.6 Å². The number of carboxylic acids is 1. The third-order valence-corrected chi connectivity index (χ3v) is 3.37. The van der Waals surface area contributed by atoms with Crippen molar-refractivity contribution in [3.8, 4) is 0 Å². The second-order valence-corrected chi connectivity index (χ2v) is 5.95. The maximum atomic E-state index is 11.8. The van der Waals surface area contributed by atoms with Crippen molar-refractivity contribution < 1.29 is 14.7 Å². The monoisotopic (exact) mass is 246 g/mol. The molecule has 0 radical (unpaired) electrons. The van der Waals surface area contributed by atoms with Crippen LogP contribution in [0.1, 0.15) is 20.8 Å². The van der Waals surface area contributed by atoms with Crippen LogP contribution in [0.2, 0.25) is 0 Å². The van der Waals surface area contributed by atoms with E-state index in [4.69, 9.17) is 5.11 Å². The van der Waals surface area contributed by atoms with Gasteiger partial charge >= 0.3 is 5.97 Å². The van der Waals surface area contributed by atoms with Crippen molar-refractivity contribution in [2.24, 2.45) is 5.41 Å². The number of hydrogen-bond acceptors (Lipinski definition) is 4. The normalized spacial score (nSPS) is 22.8. The predicted molar refractivity (Wildman–Crippen MR) is 63.3 cm³/mol. The van der Waals surface area contributed by atoms with Gasteiger partial charge in [-0.25, -0.2) is 4.79 Å². The van der Waals surface area contributed by atoms with E-state index in [2.05, 4.69) is 10.6 Å². The number of carbonyl (C=O) groups is 2. The molecular formula is C10H18N2O3S. The number of carboxylic acid groups (broad SMARTS) is 1. The first-order valence-corrected chi connectivity index (χ1v) is 6.32. The molecule has 1 rings (SSSR count). The smallest absolute Gasteiger partial charge is 0.326 e. The Balaban J connectivity index is 2.61. The molecule has 1 saturated heterocycles. The first-order valence-electron chi connectivity index (χ1n) is 5.16. The van der Waals surface area contributed by atoms with Crippen LogP contribution in [0.4, 0.5) is 0 Å². The fraction of sp³-hybridized carbons (Fsp3) is 0.800. The third-order valence-electron chi connectivity index (χ3n) is 2.43. The summed E-state index contributed by atoms with van der Waals surface area (Å²) in [6.07, 6.45) is 0. The molecule has 5 nitrogen and oxygen atoms in total. The number of nitrogens with one attached hydrogen (secondary N) is 2. The van der Waals surface area contributed by atoms with Gasteiger partial charge in [0.2, 0.25) is 5.91 Å². The van der Waals surface area contributed by atoms with Crippen LogP contribution >= 0.6 is 11.8 Å². The van der Waals surface area contributed by atoms with Crippen molar-refractivity contribution in [3.05, 3.63) is 0 Å². The second kappa shape index (κ2) is 5.05. The number of amides is 1. The standard InChI is InChI=1S/C10H18N2O3S/c1-10(2,3)7(9(14)15)12-8(13)6-4-16-5-11-6/h6-7,11H,4-5H2,1-3H3,(H,12,13)(H,14,15). The first kappa shape index (κ1) is 13.3. The molecule has 3 N–H and O–H groups in total. The molecule has 0 aliphatic carbocycles. The van der Waals surface area contributed by atoms with Crippen LogP contribution in [0.5, 0.6) is 0 Å². The minimum absolute atomic E-state index is 0.229. The molecule has 16 heavy (non-hydrogen) atoms. The summed E-state index contributed by atoms with van der Waals surface area (Å²) in [5, 5.41) is 14.7. The zero-order valence-electron chi connectivity index (χ0n) is 9.74. The molecule has 1 aliphatic heterocycles. The van der Waals surface area contributed by atoms with Crippen LogP contribution in [0.3, 0.4) is 0 Å². The van der Waals surface area contributed by atoms with Gasteiger partial charge in [-0.15, -0.1) is 11.8 Å². The Morgan fingerprint density at radius 1 is 1.50 bits per heavy atom. The van der Waals surface area contributed by atoms with E-state index in [0.717, 1.165) is 5.88 Å². The molecule has 1 fully saturated rings. The Bertz CT molecular complexity index is 282.